The zero-order valence-electron chi connectivity index (χ0n) is 11.0. The number of carbonyl (C=O) groups is 1. The molecule has 0 heterocycles. The Morgan fingerprint density at radius 3 is 2.06 bits per heavy atom. The Labute approximate surface area is 106 Å². The Morgan fingerprint density at radius 1 is 1.11 bits per heavy atom. The normalized spacial score (nSPS) is 9.56. The first kappa shape index (κ1) is 14.0. The maximum absolute atomic E-state index is 11.1. The summed E-state index contributed by atoms with van der Waals surface area (Å²) >= 11 is 0. The third kappa shape index (κ3) is 3.19. The van der Waals surface area contributed by atoms with Gasteiger partial charge >= 0.3 is 6.03 Å². The van der Waals surface area contributed by atoms with Gasteiger partial charge in [-0.15, -0.1) is 0 Å². The van der Waals surface area contributed by atoms with Crippen molar-refractivity contribution in [3.05, 3.63) is 17.7 Å². The molecule has 2 amide bonds. The van der Waals surface area contributed by atoms with E-state index in [9.17, 15) is 4.79 Å². The lowest BCUT2D eigenvalue weighted by Crippen LogP contribution is -2.32. The van der Waals surface area contributed by atoms with Crippen LogP contribution in [0.25, 0.3) is 0 Å². The number of rotatable bonds is 5. The Bertz CT molecular complexity index is 396. The van der Waals surface area contributed by atoms with Crippen molar-refractivity contribution in [2.45, 2.75) is 6.54 Å². The van der Waals surface area contributed by atoms with Crippen LogP contribution in [0, 0.1) is 0 Å². The summed E-state index contributed by atoms with van der Waals surface area (Å²) in [7, 11) is 6.20. The van der Waals surface area contributed by atoms with Gasteiger partial charge in [-0.2, -0.15) is 0 Å². The molecule has 6 nitrogen and oxygen atoms in total. The van der Waals surface area contributed by atoms with E-state index in [-0.39, 0.29) is 6.03 Å². The molecular formula is C12H18N2O4. The van der Waals surface area contributed by atoms with Gasteiger partial charge < -0.3 is 24.8 Å². The fourth-order valence-corrected chi connectivity index (χ4v) is 1.51. The predicted molar refractivity (Wildman–Crippen MR) is 67.4 cm³/mol. The van der Waals surface area contributed by atoms with Crippen LogP contribution in [0.3, 0.4) is 0 Å². The average Bonchev–Trinajstić information content (AvgIpc) is 2.43. The Kier molecular flexibility index (Phi) is 5.10. The van der Waals surface area contributed by atoms with Crippen LogP contribution < -0.4 is 24.8 Å². The highest BCUT2D eigenvalue weighted by Gasteiger charge is 2.13. The molecule has 2 N–H and O–H groups in total. The molecule has 1 aromatic carbocycles. The van der Waals surface area contributed by atoms with Gasteiger partial charge in [-0.05, 0) is 17.7 Å². The molecule has 0 unspecified atom stereocenters. The predicted octanol–water partition coefficient (Wildman–Crippen LogP) is 1.14. The first-order chi connectivity index (χ1) is 8.65. The Balaban J connectivity index is 2.96. The maximum atomic E-state index is 11.1. The molecule has 0 aliphatic heterocycles. The molecule has 6 heteroatoms. The lowest BCUT2D eigenvalue weighted by atomic mass is 10.2. The molecule has 0 saturated heterocycles. The lowest BCUT2D eigenvalue weighted by Gasteiger charge is -2.14. The highest BCUT2D eigenvalue weighted by Crippen LogP contribution is 2.38. The molecule has 0 saturated carbocycles. The van der Waals surface area contributed by atoms with Gasteiger partial charge in [0.25, 0.3) is 0 Å². The molecule has 0 spiro atoms. The van der Waals surface area contributed by atoms with Crippen molar-refractivity contribution < 1.29 is 19.0 Å². The van der Waals surface area contributed by atoms with E-state index in [1.54, 1.807) is 40.5 Å². The number of urea groups is 1. The van der Waals surface area contributed by atoms with E-state index in [4.69, 9.17) is 14.2 Å². The minimum atomic E-state index is -0.247. The van der Waals surface area contributed by atoms with Crippen LogP contribution in [-0.4, -0.2) is 34.4 Å². The Morgan fingerprint density at radius 2 is 1.67 bits per heavy atom. The van der Waals surface area contributed by atoms with Crippen molar-refractivity contribution in [1.29, 1.82) is 0 Å². The molecule has 0 radical (unpaired) electrons. The van der Waals surface area contributed by atoms with Crippen LogP contribution >= 0.6 is 0 Å². The molecule has 18 heavy (non-hydrogen) atoms. The van der Waals surface area contributed by atoms with Gasteiger partial charge in [0.05, 0.1) is 21.3 Å². The summed E-state index contributed by atoms with van der Waals surface area (Å²) in [5, 5.41) is 5.16. The molecule has 0 bridgehead atoms. The SMILES string of the molecule is CNC(=O)NCc1cc(OC)c(OC)c(OC)c1. The van der Waals surface area contributed by atoms with E-state index in [1.807, 2.05) is 0 Å². The highest BCUT2D eigenvalue weighted by molar-refractivity contribution is 5.73. The quantitative estimate of drug-likeness (QED) is 0.826. The zero-order chi connectivity index (χ0) is 13.5. The van der Waals surface area contributed by atoms with E-state index in [1.165, 1.54) is 0 Å². The minimum absolute atomic E-state index is 0.247. The second-order valence-electron chi connectivity index (χ2n) is 3.47. The van der Waals surface area contributed by atoms with E-state index in [0.717, 1.165) is 5.56 Å². The van der Waals surface area contributed by atoms with Crippen LogP contribution in [0.5, 0.6) is 17.2 Å². The van der Waals surface area contributed by atoms with Crippen molar-refractivity contribution in [2.24, 2.45) is 0 Å². The fourth-order valence-electron chi connectivity index (χ4n) is 1.51. The zero-order valence-corrected chi connectivity index (χ0v) is 11.0. The van der Waals surface area contributed by atoms with Gasteiger partial charge in [0, 0.05) is 13.6 Å². The summed E-state index contributed by atoms with van der Waals surface area (Å²) in [6.07, 6.45) is 0. The minimum Gasteiger partial charge on any atom is -0.493 e. The van der Waals surface area contributed by atoms with Crippen LogP contribution in [-0.2, 0) is 6.54 Å². The molecule has 0 fully saturated rings. The summed E-state index contributed by atoms with van der Waals surface area (Å²) in [6.45, 7) is 0.371. The second kappa shape index (κ2) is 6.58. The number of amides is 2. The largest absolute Gasteiger partial charge is 0.493 e. The van der Waals surface area contributed by atoms with Gasteiger partial charge in [0.1, 0.15) is 0 Å². The van der Waals surface area contributed by atoms with Crippen molar-refractivity contribution in [3.8, 4) is 17.2 Å². The molecule has 100 valence electrons. The number of nitrogens with one attached hydrogen (secondary N) is 2. The van der Waals surface area contributed by atoms with Crippen LogP contribution in [0.4, 0.5) is 4.79 Å². The fraction of sp³-hybridized carbons (Fsp3) is 0.417. The van der Waals surface area contributed by atoms with Crippen LogP contribution in [0.1, 0.15) is 5.56 Å². The van der Waals surface area contributed by atoms with Gasteiger partial charge in [0.15, 0.2) is 11.5 Å². The monoisotopic (exact) mass is 254 g/mol. The van der Waals surface area contributed by atoms with Gasteiger partial charge in [-0.3, -0.25) is 0 Å². The third-order valence-corrected chi connectivity index (χ3v) is 2.40. The number of carbonyl (C=O) groups excluding carboxylic acids is 1. The smallest absolute Gasteiger partial charge is 0.314 e. The second-order valence-corrected chi connectivity index (χ2v) is 3.47. The molecular weight excluding hydrogens is 236 g/mol. The Hall–Kier alpha value is -2.11. The highest BCUT2D eigenvalue weighted by atomic mass is 16.5. The molecule has 0 aromatic heterocycles. The summed E-state index contributed by atoms with van der Waals surface area (Å²) in [5.74, 6) is 1.65. The van der Waals surface area contributed by atoms with Crippen LogP contribution in [0.2, 0.25) is 0 Å². The molecule has 1 aromatic rings. The van der Waals surface area contributed by atoms with E-state index in [2.05, 4.69) is 10.6 Å². The third-order valence-electron chi connectivity index (χ3n) is 2.40. The van der Waals surface area contributed by atoms with Crippen LogP contribution in [0.15, 0.2) is 12.1 Å². The first-order valence-electron chi connectivity index (χ1n) is 5.40. The van der Waals surface area contributed by atoms with E-state index < -0.39 is 0 Å². The number of ether oxygens (including phenoxy) is 3. The standard InChI is InChI=1S/C12H18N2O4/c1-13-12(15)14-7-8-5-9(16-2)11(18-4)10(6-8)17-3/h5-6H,7H2,1-4H3,(H2,13,14,15). The van der Waals surface area contributed by atoms with Crippen molar-refractivity contribution in [3.63, 3.8) is 0 Å². The molecule has 0 atom stereocenters. The van der Waals surface area contributed by atoms with E-state index >= 15 is 0 Å². The maximum Gasteiger partial charge on any atom is 0.314 e. The van der Waals surface area contributed by atoms with Crippen molar-refractivity contribution in [1.82, 2.24) is 10.6 Å². The molecule has 0 aliphatic carbocycles. The van der Waals surface area contributed by atoms with Gasteiger partial charge in [-0.25, -0.2) is 4.79 Å². The summed E-state index contributed by atoms with van der Waals surface area (Å²) in [6, 6.07) is 3.33. The number of methoxy groups -OCH3 is 3. The summed E-state index contributed by atoms with van der Waals surface area (Å²) in [5.41, 5.74) is 0.855. The number of benzene rings is 1. The van der Waals surface area contributed by atoms with E-state index in [0.29, 0.717) is 23.8 Å². The van der Waals surface area contributed by atoms with Crippen molar-refractivity contribution >= 4 is 6.03 Å². The van der Waals surface area contributed by atoms with Gasteiger partial charge in [0.2, 0.25) is 5.75 Å². The lowest BCUT2D eigenvalue weighted by molar-refractivity contribution is 0.242. The first-order valence-corrected chi connectivity index (χ1v) is 5.40. The summed E-state index contributed by atoms with van der Waals surface area (Å²) in [4.78, 5) is 11.1. The molecule has 0 aliphatic rings. The molecule has 1 rings (SSSR count). The number of hydrogen-bond donors (Lipinski definition) is 2. The van der Waals surface area contributed by atoms with Gasteiger partial charge in [-0.1, -0.05) is 0 Å². The average molecular weight is 254 g/mol. The number of hydrogen-bond acceptors (Lipinski definition) is 4. The topological polar surface area (TPSA) is 68.8 Å². The summed E-state index contributed by atoms with van der Waals surface area (Å²) < 4.78 is 15.6. The van der Waals surface area contributed by atoms with Crippen molar-refractivity contribution in [2.75, 3.05) is 28.4 Å².